The van der Waals surface area contributed by atoms with Gasteiger partial charge in [0.15, 0.2) is 5.65 Å². The summed E-state index contributed by atoms with van der Waals surface area (Å²) in [6, 6.07) is 0. The molecule has 1 unspecified atom stereocenters. The van der Waals surface area contributed by atoms with Crippen molar-refractivity contribution >= 4 is 28.7 Å². The molecule has 0 saturated carbocycles. The molecule has 1 N–H and O–H groups in total. The van der Waals surface area contributed by atoms with E-state index in [4.69, 9.17) is 0 Å². The molecular formula is C11H14N4OS. The van der Waals surface area contributed by atoms with Crippen molar-refractivity contribution < 1.29 is 4.79 Å². The van der Waals surface area contributed by atoms with E-state index in [0.29, 0.717) is 11.4 Å². The minimum Gasteiger partial charge on any atom is -0.341 e. The maximum absolute atomic E-state index is 11.7. The van der Waals surface area contributed by atoms with Crippen LogP contribution in [0.15, 0.2) is 17.7 Å². The third-order valence-electron chi connectivity index (χ3n) is 2.70. The average Bonchev–Trinajstić information content (AvgIpc) is 2.83. The van der Waals surface area contributed by atoms with Gasteiger partial charge in [-0.2, -0.15) is 0 Å². The molecule has 0 radical (unpaired) electrons. The predicted molar refractivity (Wildman–Crippen MR) is 66.9 cm³/mol. The van der Waals surface area contributed by atoms with Gasteiger partial charge in [0, 0.05) is 5.92 Å². The molecule has 2 aromatic heterocycles. The molecule has 1 atom stereocenters. The van der Waals surface area contributed by atoms with Gasteiger partial charge in [0.25, 0.3) is 0 Å². The smallest absolute Gasteiger partial charge is 0.181 e. The first kappa shape index (κ1) is 12.0. The summed E-state index contributed by atoms with van der Waals surface area (Å²) in [4.78, 5) is 27.0. The number of nitrogens with zero attached hydrogens (tertiary/aromatic N) is 3. The Balaban J connectivity index is 2.09. The third-order valence-corrected chi connectivity index (χ3v) is 3.71. The normalized spacial score (nSPS) is 12.8. The fourth-order valence-corrected chi connectivity index (χ4v) is 2.34. The van der Waals surface area contributed by atoms with E-state index in [1.165, 1.54) is 18.1 Å². The highest BCUT2D eigenvalue weighted by Gasteiger charge is 2.13. The van der Waals surface area contributed by atoms with E-state index in [1.807, 2.05) is 13.8 Å². The van der Waals surface area contributed by atoms with Gasteiger partial charge in [-0.15, -0.1) is 0 Å². The summed E-state index contributed by atoms with van der Waals surface area (Å²) >= 11 is 1.43. The number of hydrogen-bond donors (Lipinski definition) is 1. The molecule has 2 rings (SSSR count). The molecule has 5 nitrogen and oxygen atoms in total. The predicted octanol–water partition coefficient (Wildman–Crippen LogP) is 2.06. The van der Waals surface area contributed by atoms with E-state index >= 15 is 0 Å². The highest BCUT2D eigenvalue weighted by molar-refractivity contribution is 8.00. The maximum Gasteiger partial charge on any atom is 0.181 e. The summed E-state index contributed by atoms with van der Waals surface area (Å²) < 4.78 is 0. The molecule has 2 aromatic rings. The fourth-order valence-electron chi connectivity index (χ4n) is 1.36. The number of rotatable bonds is 5. The van der Waals surface area contributed by atoms with Gasteiger partial charge in [-0.3, -0.25) is 4.79 Å². The van der Waals surface area contributed by atoms with Crippen molar-refractivity contribution in [1.82, 2.24) is 19.9 Å². The Labute approximate surface area is 103 Å². The summed E-state index contributed by atoms with van der Waals surface area (Å²) in [6.07, 6.45) is 3.93. The van der Waals surface area contributed by atoms with Crippen LogP contribution in [0.2, 0.25) is 0 Å². The quantitative estimate of drug-likeness (QED) is 0.649. The first-order valence-electron chi connectivity index (χ1n) is 5.52. The van der Waals surface area contributed by atoms with Crippen LogP contribution in [0.25, 0.3) is 11.2 Å². The maximum atomic E-state index is 11.7. The summed E-state index contributed by atoms with van der Waals surface area (Å²) in [6.45, 7) is 3.97. The second kappa shape index (κ2) is 5.27. The van der Waals surface area contributed by atoms with Gasteiger partial charge in [-0.05, 0) is 6.42 Å². The number of imidazole rings is 1. The molecule has 0 amide bonds. The largest absolute Gasteiger partial charge is 0.341 e. The highest BCUT2D eigenvalue weighted by atomic mass is 32.2. The number of aromatic amines is 1. The molecule has 17 heavy (non-hydrogen) atoms. The minimum absolute atomic E-state index is 0.113. The molecule has 0 fully saturated rings. The van der Waals surface area contributed by atoms with Crippen LogP contribution in [-0.2, 0) is 4.79 Å². The standard InChI is InChI=1S/C11H14N4OS/c1-3-7(2)8(16)4-17-11-9-10(13-5-12-9)14-6-15-11/h5-7H,3-4H2,1-2H3,(H,12,13,14,15). The number of thioether (sulfide) groups is 1. The Kier molecular flexibility index (Phi) is 3.73. The van der Waals surface area contributed by atoms with Gasteiger partial charge in [-0.25, -0.2) is 15.0 Å². The van der Waals surface area contributed by atoms with Gasteiger partial charge in [0.05, 0.1) is 12.1 Å². The monoisotopic (exact) mass is 250 g/mol. The van der Waals surface area contributed by atoms with Crippen LogP contribution in [0.4, 0.5) is 0 Å². The molecule has 0 aromatic carbocycles. The van der Waals surface area contributed by atoms with Crippen LogP contribution in [0, 0.1) is 5.92 Å². The lowest BCUT2D eigenvalue weighted by Crippen LogP contribution is -2.12. The zero-order chi connectivity index (χ0) is 12.3. The zero-order valence-electron chi connectivity index (χ0n) is 9.80. The summed E-state index contributed by atoms with van der Waals surface area (Å²) in [5.74, 6) is 0.811. The van der Waals surface area contributed by atoms with Crippen molar-refractivity contribution in [3.8, 4) is 0 Å². The van der Waals surface area contributed by atoms with Crippen molar-refractivity contribution in [2.75, 3.05) is 5.75 Å². The molecule has 0 spiro atoms. The van der Waals surface area contributed by atoms with Crippen molar-refractivity contribution in [1.29, 1.82) is 0 Å². The molecule has 0 bridgehead atoms. The number of H-pyrrole nitrogens is 1. The second-order valence-electron chi connectivity index (χ2n) is 3.84. The number of ketones is 1. The summed E-state index contributed by atoms with van der Waals surface area (Å²) in [5.41, 5.74) is 1.44. The number of carbonyl (C=O) groups is 1. The van der Waals surface area contributed by atoms with Gasteiger partial charge < -0.3 is 4.98 Å². The van der Waals surface area contributed by atoms with Gasteiger partial charge >= 0.3 is 0 Å². The molecular weight excluding hydrogens is 236 g/mol. The Morgan fingerprint density at radius 1 is 1.47 bits per heavy atom. The summed E-state index contributed by atoms with van der Waals surface area (Å²) in [5, 5.41) is 0.782. The first-order valence-corrected chi connectivity index (χ1v) is 6.50. The van der Waals surface area contributed by atoms with Crippen LogP contribution in [0.3, 0.4) is 0 Å². The SMILES string of the molecule is CCC(C)C(=O)CSc1ncnc2nc[nH]c12. The lowest BCUT2D eigenvalue weighted by atomic mass is 10.1. The molecule has 0 aliphatic carbocycles. The molecule has 2 heterocycles. The zero-order valence-corrected chi connectivity index (χ0v) is 10.6. The van der Waals surface area contributed by atoms with E-state index in [-0.39, 0.29) is 11.7 Å². The number of fused-ring (bicyclic) bond motifs is 1. The number of nitrogens with one attached hydrogen (secondary N) is 1. The van der Waals surface area contributed by atoms with E-state index < -0.39 is 0 Å². The van der Waals surface area contributed by atoms with Crippen LogP contribution in [0.1, 0.15) is 20.3 Å². The lowest BCUT2D eigenvalue weighted by Gasteiger charge is -2.06. The molecule has 0 aliphatic rings. The Hall–Kier alpha value is -1.43. The number of aromatic nitrogens is 4. The second-order valence-corrected chi connectivity index (χ2v) is 4.81. The van der Waals surface area contributed by atoms with Crippen molar-refractivity contribution in [2.45, 2.75) is 25.3 Å². The number of hydrogen-bond acceptors (Lipinski definition) is 5. The van der Waals surface area contributed by atoms with E-state index in [0.717, 1.165) is 17.0 Å². The third kappa shape index (κ3) is 2.63. The van der Waals surface area contributed by atoms with Crippen LogP contribution in [0.5, 0.6) is 0 Å². The fraction of sp³-hybridized carbons (Fsp3) is 0.455. The van der Waals surface area contributed by atoms with Gasteiger partial charge in [-0.1, -0.05) is 25.6 Å². The van der Waals surface area contributed by atoms with Crippen molar-refractivity contribution in [3.63, 3.8) is 0 Å². The Bertz CT molecular complexity index is 525. The van der Waals surface area contributed by atoms with Crippen LogP contribution in [-0.4, -0.2) is 31.5 Å². The lowest BCUT2D eigenvalue weighted by molar-refractivity contribution is -0.119. The highest BCUT2D eigenvalue weighted by Crippen LogP contribution is 2.22. The topological polar surface area (TPSA) is 71.5 Å². The Morgan fingerprint density at radius 2 is 2.29 bits per heavy atom. The van der Waals surface area contributed by atoms with Crippen molar-refractivity contribution in [3.05, 3.63) is 12.7 Å². The van der Waals surface area contributed by atoms with Gasteiger partial charge in [0.2, 0.25) is 0 Å². The van der Waals surface area contributed by atoms with Crippen molar-refractivity contribution in [2.24, 2.45) is 5.92 Å². The van der Waals surface area contributed by atoms with Crippen LogP contribution < -0.4 is 0 Å². The molecule has 90 valence electrons. The molecule has 6 heteroatoms. The van der Waals surface area contributed by atoms with E-state index in [2.05, 4.69) is 19.9 Å². The van der Waals surface area contributed by atoms with Gasteiger partial charge in [0.1, 0.15) is 22.7 Å². The number of carbonyl (C=O) groups excluding carboxylic acids is 1. The summed E-state index contributed by atoms with van der Waals surface area (Å²) in [7, 11) is 0. The van der Waals surface area contributed by atoms with E-state index in [1.54, 1.807) is 6.33 Å². The minimum atomic E-state index is 0.113. The Morgan fingerprint density at radius 3 is 3.06 bits per heavy atom. The average molecular weight is 250 g/mol. The molecule has 0 saturated heterocycles. The number of Topliss-reactive ketones (excluding diaryl/α,β-unsaturated/α-hetero) is 1. The van der Waals surface area contributed by atoms with E-state index in [9.17, 15) is 4.79 Å². The molecule has 0 aliphatic heterocycles. The first-order chi connectivity index (χ1) is 8.22. The van der Waals surface area contributed by atoms with Crippen LogP contribution >= 0.6 is 11.8 Å².